The van der Waals surface area contributed by atoms with Gasteiger partial charge < -0.3 is 5.32 Å². The fourth-order valence-corrected chi connectivity index (χ4v) is 3.51. The molecule has 0 heterocycles. The molecule has 0 aliphatic carbocycles. The Balaban J connectivity index is 2.59. The Morgan fingerprint density at radius 1 is 1.05 bits per heavy atom. The third-order valence-corrected chi connectivity index (χ3v) is 4.95. The molecule has 120 valence electrons. The Labute approximate surface area is 136 Å². The summed E-state index contributed by atoms with van der Waals surface area (Å²) in [6, 6.07) is 9.68. The van der Waals surface area contributed by atoms with Gasteiger partial charge in [-0.15, -0.1) is 0 Å². The highest BCUT2D eigenvalue weighted by atomic mass is 32.2. The van der Waals surface area contributed by atoms with E-state index in [0.717, 1.165) is 6.54 Å². The SMILES string of the molecule is CCCCCSCC(NCC)c1ccc(C(C)(C)C)cc1. The Morgan fingerprint density at radius 2 is 1.71 bits per heavy atom. The normalized spacial score (nSPS) is 13.4. The molecule has 1 N–H and O–H groups in total. The van der Waals surface area contributed by atoms with Crippen molar-refractivity contribution in [3.63, 3.8) is 0 Å². The van der Waals surface area contributed by atoms with E-state index in [0.29, 0.717) is 6.04 Å². The molecule has 0 saturated carbocycles. The second-order valence-electron chi connectivity index (χ2n) is 6.76. The molecule has 1 atom stereocenters. The van der Waals surface area contributed by atoms with Crippen molar-refractivity contribution >= 4 is 11.8 Å². The molecular weight excluding hydrogens is 274 g/mol. The summed E-state index contributed by atoms with van der Waals surface area (Å²) in [6.07, 6.45) is 4.02. The second-order valence-corrected chi connectivity index (χ2v) is 7.91. The Kier molecular flexibility index (Phi) is 8.43. The van der Waals surface area contributed by atoms with E-state index >= 15 is 0 Å². The van der Waals surface area contributed by atoms with E-state index in [1.807, 2.05) is 0 Å². The van der Waals surface area contributed by atoms with Gasteiger partial charge in [-0.1, -0.05) is 71.7 Å². The molecule has 21 heavy (non-hydrogen) atoms. The number of rotatable bonds is 9. The molecule has 1 unspecified atom stereocenters. The predicted octanol–water partition coefficient (Wildman–Crippen LogP) is 5.56. The molecule has 1 nitrogen and oxygen atoms in total. The Morgan fingerprint density at radius 3 is 2.24 bits per heavy atom. The van der Waals surface area contributed by atoms with Crippen LogP contribution in [0.3, 0.4) is 0 Å². The minimum atomic E-state index is 0.237. The fourth-order valence-electron chi connectivity index (χ4n) is 2.39. The van der Waals surface area contributed by atoms with Crippen LogP contribution in [0.1, 0.15) is 71.0 Å². The highest BCUT2D eigenvalue weighted by Crippen LogP contribution is 2.25. The van der Waals surface area contributed by atoms with Crippen LogP contribution in [0.25, 0.3) is 0 Å². The Bertz CT molecular complexity index is 378. The van der Waals surface area contributed by atoms with Crippen molar-refractivity contribution in [2.45, 2.75) is 65.3 Å². The first kappa shape index (κ1) is 18.6. The highest BCUT2D eigenvalue weighted by molar-refractivity contribution is 7.99. The third kappa shape index (κ3) is 6.88. The lowest BCUT2D eigenvalue weighted by Crippen LogP contribution is -2.23. The van der Waals surface area contributed by atoms with Gasteiger partial charge >= 0.3 is 0 Å². The topological polar surface area (TPSA) is 12.0 Å². The first-order valence-corrected chi connectivity index (χ1v) is 9.56. The van der Waals surface area contributed by atoms with E-state index in [1.165, 1.54) is 41.9 Å². The minimum absolute atomic E-state index is 0.237. The summed E-state index contributed by atoms with van der Waals surface area (Å²) in [4.78, 5) is 0. The monoisotopic (exact) mass is 307 g/mol. The molecule has 2 heteroatoms. The summed E-state index contributed by atoms with van der Waals surface area (Å²) in [5.74, 6) is 2.46. The number of benzene rings is 1. The number of unbranched alkanes of at least 4 members (excludes halogenated alkanes) is 2. The zero-order chi connectivity index (χ0) is 15.7. The summed E-state index contributed by atoms with van der Waals surface area (Å²) in [5.41, 5.74) is 3.08. The maximum atomic E-state index is 3.63. The van der Waals surface area contributed by atoms with Gasteiger partial charge in [0.1, 0.15) is 0 Å². The Hall–Kier alpha value is -0.470. The van der Waals surface area contributed by atoms with Gasteiger partial charge in [-0.05, 0) is 35.3 Å². The van der Waals surface area contributed by atoms with E-state index in [1.54, 1.807) is 0 Å². The average Bonchev–Trinajstić information content (AvgIpc) is 2.45. The summed E-state index contributed by atoms with van der Waals surface area (Å²) < 4.78 is 0. The number of nitrogens with one attached hydrogen (secondary N) is 1. The molecule has 0 saturated heterocycles. The van der Waals surface area contributed by atoms with Crippen LogP contribution in [0.15, 0.2) is 24.3 Å². The summed E-state index contributed by atoms with van der Waals surface area (Å²) in [7, 11) is 0. The fraction of sp³-hybridized carbons (Fsp3) is 0.684. The standard InChI is InChI=1S/C19H33NS/c1-6-8-9-14-21-15-18(20-7-2)16-10-12-17(13-11-16)19(3,4)5/h10-13,18,20H,6-9,14-15H2,1-5H3. The number of hydrogen-bond donors (Lipinski definition) is 1. The molecule has 1 aromatic rings. The van der Waals surface area contributed by atoms with Crippen LogP contribution in [0, 0.1) is 0 Å². The van der Waals surface area contributed by atoms with Crippen molar-refractivity contribution in [3.05, 3.63) is 35.4 Å². The van der Waals surface area contributed by atoms with Gasteiger partial charge in [0, 0.05) is 11.8 Å². The molecule has 0 amide bonds. The number of hydrogen-bond acceptors (Lipinski definition) is 2. The third-order valence-electron chi connectivity index (χ3n) is 3.81. The predicted molar refractivity (Wildman–Crippen MR) is 98.4 cm³/mol. The quantitative estimate of drug-likeness (QED) is 0.600. The van der Waals surface area contributed by atoms with Gasteiger partial charge in [0.2, 0.25) is 0 Å². The van der Waals surface area contributed by atoms with Crippen LogP contribution >= 0.6 is 11.8 Å². The second kappa shape index (κ2) is 9.53. The van der Waals surface area contributed by atoms with Crippen molar-refractivity contribution in [1.29, 1.82) is 0 Å². The van der Waals surface area contributed by atoms with Crippen LogP contribution in [-0.2, 0) is 5.41 Å². The lowest BCUT2D eigenvalue weighted by Gasteiger charge is -2.22. The minimum Gasteiger partial charge on any atom is -0.310 e. The zero-order valence-corrected chi connectivity index (χ0v) is 15.4. The lowest BCUT2D eigenvalue weighted by atomic mass is 9.86. The van der Waals surface area contributed by atoms with Crippen molar-refractivity contribution in [2.24, 2.45) is 0 Å². The van der Waals surface area contributed by atoms with E-state index in [9.17, 15) is 0 Å². The molecule has 0 radical (unpaired) electrons. The van der Waals surface area contributed by atoms with E-state index < -0.39 is 0 Å². The van der Waals surface area contributed by atoms with E-state index in [2.05, 4.69) is 76.0 Å². The van der Waals surface area contributed by atoms with E-state index in [4.69, 9.17) is 0 Å². The van der Waals surface area contributed by atoms with Crippen molar-refractivity contribution in [2.75, 3.05) is 18.1 Å². The van der Waals surface area contributed by atoms with Gasteiger partial charge in [0.05, 0.1) is 0 Å². The highest BCUT2D eigenvalue weighted by Gasteiger charge is 2.15. The van der Waals surface area contributed by atoms with E-state index in [-0.39, 0.29) is 5.41 Å². The van der Waals surface area contributed by atoms with Crippen molar-refractivity contribution in [1.82, 2.24) is 5.32 Å². The van der Waals surface area contributed by atoms with Crippen LogP contribution in [0.5, 0.6) is 0 Å². The van der Waals surface area contributed by atoms with Gasteiger partial charge in [-0.2, -0.15) is 11.8 Å². The van der Waals surface area contributed by atoms with Gasteiger partial charge in [0.25, 0.3) is 0 Å². The maximum Gasteiger partial charge on any atom is 0.0411 e. The van der Waals surface area contributed by atoms with Crippen LogP contribution in [0.2, 0.25) is 0 Å². The molecule has 0 bridgehead atoms. The van der Waals surface area contributed by atoms with Crippen molar-refractivity contribution < 1.29 is 0 Å². The first-order chi connectivity index (χ1) is 9.99. The maximum absolute atomic E-state index is 3.63. The van der Waals surface area contributed by atoms with Crippen molar-refractivity contribution in [3.8, 4) is 0 Å². The molecule has 0 fully saturated rings. The first-order valence-electron chi connectivity index (χ1n) is 8.40. The molecule has 0 aromatic heterocycles. The summed E-state index contributed by atoms with van der Waals surface area (Å²) in [6.45, 7) is 12.3. The smallest absolute Gasteiger partial charge is 0.0411 e. The van der Waals surface area contributed by atoms with Crippen LogP contribution in [0.4, 0.5) is 0 Å². The van der Waals surface area contributed by atoms with Gasteiger partial charge in [-0.3, -0.25) is 0 Å². The zero-order valence-electron chi connectivity index (χ0n) is 14.5. The lowest BCUT2D eigenvalue weighted by molar-refractivity contribution is 0.584. The summed E-state index contributed by atoms with van der Waals surface area (Å²) in [5, 5.41) is 3.63. The summed E-state index contributed by atoms with van der Waals surface area (Å²) >= 11 is 2.08. The molecule has 0 spiro atoms. The average molecular weight is 308 g/mol. The molecule has 0 aliphatic heterocycles. The van der Waals surface area contributed by atoms with Crippen LogP contribution < -0.4 is 5.32 Å². The molecular formula is C19H33NS. The molecule has 0 aliphatic rings. The number of thioether (sulfide) groups is 1. The largest absolute Gasteiger partial charge is 0.310 e. The van der Waals surface area contributed by atoms with Crippen LogP contribution in [-0.4, -0.2) is 18.1 Å². The molecule has 1 rings (SSSR count). The molecule has 1 aromatic carbocycles. The van der Waals surface area contributed by atoms with Gasteiger partial charge in [0.15, 0.2) is 0 Å². The van der Waals surface area contributed by atoms with Gasteiger partial charge in [-0.25, -0.2) is 0 Å².